The van der Waals surface area contributed by atoms with Crippen molar-refractivity contribution in [1.82, 2.24) is 9.97 Å². The summed E-state index contributed by atoms with van der Waals surface area (Å²) >= 11 is 5.81. The topological polar surface area (TPSA) is 54.9 Å². The third-order valence-corrected chi connectivity index (χ3v) is 2.55. The standard InChI is InChI=1S/C13H12ClN3O/c1-8-3-4-11(7-15-8)17-13(18)10-5-9(2)16-12(14)6-10/h3-7H,1-2H3,(H,17,18). The van der Waals surface area contributed by atoms with Crippen LogP contribution in [0.2, 0.25) is 5.15 Å². The number of anilines is 1. The second kappa shape index (κ2) is 5.14. The molecule has 0 aromatic carbocycles. The molecule has 0 fully saturated rings. The predicted molar refractivity (Wildman–Crippen MR) is 70.9 cm³/mol. The van der Waals surface area contributed by atoms with Crippen LogP contribution >= 0.6 is 11.6 Å². The van der Waals surface area contributed by atoms with Crippen molar-refractivity contribution in [2.75, 3.05) is 5.32 Å². The first-order valence-electron chi connectivity index (χ1n) is 5.43. The van der Waals surface area contributed by atoms with E-state index in [1.807, 2.05) is 13.0 Å². The maximum absolute atomic E-state index is 12.0. The molecule has 4 nitrogen and oxygen atoms in total. The van der Waals surface area contributed by atoms with Crippen LogP contribution in [0.25, 0.3) is 0 Å². The lowest BCUT2D eigenvalue weighted by molar-refractivity contribution is 0.102. The van der Waals surface area contributed by atoms with Crippen LogP contribution in [0.5, 0.6) is 0 Å². The summed E-state index contributed by atoms with van der Waals surface area (Å²) < 4.78 is 0. The van der Waals surface area contributed by atoms with Gasteiger partial charge in [0.2, 0.25) is 0 Å². The normalized spacial score (nSPS) is 10.2. The summed E-state index contributed by atoms with van der Waals surface area (Å²) in [5.74, 6) is -0.229. The van der Waals surface area contributed by atoms with Gasteiger partial charge >= 0.3 is 0 Å². The zero-order valence-corrected chi connectivity index (χ0v) is 10.8. The first-order valence-corrected chi connectivity index (χ1v) is 5.80. The third-order valence-electron chi connectivity index (χ3n) is 2.35. The number of rotatable bonds is 2. The van der Waals surface area contributed by atoms with Crippen LogP contribution < -0.4 is 5.32 Å². The van der Waals surface area contributed by atoms with Gasteiger partial charge in [-0.05, 0) is 38.1 Å². The molecule has 5 heteroatoms. The second-order valence-electron chi connectivity index (χ2n) is 3.96. The summed E-state index contributed by atoms with van der Waals surface area (Å²) in [7, 11) is 0. The number of pyridine rings is 2. The maximum atomic E-state index is 12.0. The van der Waals surface area contributed by atoms with E-state index in [-0.39, 0.29) is 5.91 Å². The van der Waals surface area contributed by atoms with Crippen LogP contribution in [-0.4, -0.2) is 15.9 Å². The second-order valence-corrected chi connectivity index (χ2v) is 4.35. The molecule has 0 saturated carbocycles. The summed E-state index contributed by atoms with van der Waals surface area (Å²) in [5, 5.41) is 3.06. The number of carbonyl (C=O) groups excluding carboxylic acids is 1. The zero-order valence-electron chi connectivity index (χ0n) is 10.1. The molecule has 2 aromatic heterocycles. The van der Waals surface area contributed by atoms with E-state index in [4.69, 9.17) is 11.6 Å². The Morgan fingerprint density at radius 2 is 2.00 bits per heavy atom. The zero-order chi connectivity index (χ0) is 13.1. The molecule has 2 heterocycles. The molecule has 1 N–H and O–H groups in total. The molecule has 0 spiro atoms. The molecule has 0 saturated heterocycles. The van der Waals surface area contributed by atoms with Crippen LogP contribution in [0.4, 0.5) is 5.69 Å². The molecule has 0 unspecified atom stereocenters. The smallest absolute Gasteiger partial charge is 0.255 e. The highest BCUT2D eigenvalue weighted by atomic mass is 35.5. The van der Waals surface area contributed by atoms with E-state index in [1.54, 1.807) is 25.3 Å². The Hall–Kier alpha value is -1.94. The lowest BCUT2D eigenvalue weighted by atomic mass is 10.2. The van der Waals surface area contributed by atoms with Gasteiger partial charge in [-0.15, -0.1) is 0 Å². The average molecular weight is 262 g/mol. The van der Waals surface area contributed by atoms with Crippen molar-refractivity contribution in [2.45, 2.75) is 13.8 Å². The number of aromatic nitrogens is 2. The molecule has 18 heavy (non-hydrogen) atoms. The summed E-state index contributed by atoms with van der Waals surface area (Å²) in [6.07, 6.45) is 1.61. The van der Waals surface area contributed by atoms with E-state index in [1.165, 1.54) is 6.07 Å². The van der Waals surface area contributed by atoms with Crippen LogP contribution in [0.15, 0.2) is 30.5 Å². The number of hydrogen-bond acceptors (Lipinski definition) is 3. The molecular formula is C13H12ClN3O. The minimum atomic E-state index is -0.229. The molecule has 0 bridgehead atoms. The molecule has 0 atom stereocenters. The van der Waals surface area contributed by atoms with Crippen LogP contribution in [0.3, 0.4) is 0 Å². The third kappa shape index (κ3) is 3.05. The lowest BCUT2D eigenvalue weighted by Gasteiger charge is -2.06. The number of halogens is 1. The molecular weight excluding hydrogens is 250 g/mol. The number of amides is 1. The molecule has 2 rings (SSSR count). The van der Waals surface area contributed by atoms with Gasteiger partial charge in [0, 0.05) is 17.0 Å². The molecule has 0 aliphatic heterocycles. The van der Waals surface area contributed by atoms with Gasteiger partial charge in [0.05, 0.1) is 11.9 Å². The van der Waals surface area contributed by atoms with Gasteiger partial charge in [0.25, 0.3) is 5.91 Å². The fraction of sp³-hybridized carbons (Fsp3) is 0.154. The number of nitrogens with zero attached hydrogens (tertiary/aromatic N) is 2. The molecule has 1 amide bonds. The van der Waals surface area contributed by atoms with E-state index in [2.05, 4.69) is 15.3 Å². The van der Waals surface area contributed by atoms with Gasteiger partial charge in [-0.25, -0.2) is 4.98 Å². The Balaban J connectivity index is 2.19. The van der Waals surface area contributed by atoms with Gasteiger partial charge in [-0.2, -0.15) is 0 Å². The van der Waals surface area contributed by atoms with Crippen LogP contribution in [-0.2, 0) is 0 Å². The average Bonchev–Trinajstić information content (AvgIpc) is 2.31. The summed E-state index contributed by atoms with van der Waals surface area (Å²) in [4.78, 5) is 20.1. The Kier molecular flexibility index (Phi) is 3.58. The number of carbonyl (C=O) groups is 1. The van der Waals surface area contributed by atoms with E-state index >= 15 is 0 Å². The van der Waals surface area contributed by atoms with Gasteiger partial charge < -0.3 is 5.32 Å². The fourth-order valence-electron chi connectivity index (χ4n) is 1.50. The van der Waals surface area contributed by atoms with Crippen molar-refractivity contribution >= 4 is 23.2 Å². The summed E-state index contributed by atoms with van der Waals surface area (Å²) in [6, 6.07) is 6.85. The van der Waals surface area contributed by atoms with Crippen molar-refractivity contribution < 1.29 is 4.79 Å². The van der Waals surface area contributed by atoms with Crippen LogP contribution in [0.1, 0.15) is 21.7 Å². The Morgan fingerprint density at radius 3 is 2.61 bits per heavy atom. The number of hydrogen-bond donors (Lipinski definition) is 1. The van der Waals surface area contributed by atoms with Gasteiger partial charge in [-0.1, -0.05) is 11.6 Å². The van der Waals surface area contributed by atoms with Crippen LogP contribution in [0, 0.1) is 13.8 Å². The van der Waals surface area contributed by atoms with Crippen molar-refractivity contribution in [1.29, 1.82) is 0 Å². The monoisotopic (exact) mass is 261 g/mol. The molecule has 0 radical (unpaired) electrons. The molecule has 0 aliphatic carbocycles. The summed E-state index contributed by atoms with van der Waals surface area (Å²) in [6.45, 7) is 3.67. The van der Waals surface area contributed by atoms with Crippen molar-refractivity contribution in [3.63, 3.8) is 0 Å². The number of nitrogens with one attached hydrogen (secondary N) is 1. The lowest BCUT2D eigenvalue weighted by Crippen LogP contribution is -2.12. The predicted octanol–water partition coefficient (Wildman–Crippen LogP) is 3.00. The fourth-order valence-corrected chi connectivity index (χ4v) is 1.76. The maximum Gasteiger partial charge on any atom is 0.255 e. The molecule has 2 aromatic rings. The van der Waals surface area contributed by atoms with Crippen molar-refractivity contribution in [2.24, 2.45) is 0 Å². The van der Waals surface area contributed by atoms with E-state index in [0.717, 1.165) is 5.69 Å². The quantitative estimate of drug-likeness (QED) is 0.846. The van der Waals surface area contributed by atoms with E-state index < -0.39 is 0 Å². The number of aryl methyl sites for hydroxylation is 2. The Labute approximate surface area is 110 Å². The van der Waals surface area contributed by atoms with E-state index in [9.17, 15) is 4.79 Å². The first kappa shape index (κ1) is 12.5. The SMILES string of the molecule is Cc1ccc(NC(=O)c2cc(C)nc(Cl)c2)cn1. The first-order chi connectivity index (χ1) is 8.54. The van der Waals surface area contributed by atoms with Crippen molar-refractivity contribution in [3.8, 4) is 0 Å². The highest BCUT2D eigenvalue weighted by Crippen LogP contribution is 2.13. The highest BCUT2D eigenvalue weighted by molar-refractivity contribution is 6.29. The van der Waals surface area contributed by atoms with Gasteiger partial charge in [-0.3, -0.25) is 9.78 Å². The highest BCUT2D eigenvalue weighted by Gasteiger charge is 2.08. The van der Waals surface area contributed by atoms with Gasteiger partial charge in [0.15, 0.2) is 0 Å². The Morgan fingerprint density at radius 1 is 1.22 bits per heavy atom. The largest absolute Gasteiger partial charge is 0.321 e. The minimum absolute atomic E-state index is 0.229. The van der Waals surface area contributed by atoms with E-state index in [0.29, 0.717) is 22.1 Å². The molecule has 0 aliphatic rings. The summed E-state index contributed by atoms with van der Waals surface area (Å²) in [5.41, 5.74) is 2.73. The van der Waals surface area contributed by atoms with Gasteiger partial charge in [0.1, 0.15) is 5.15 Å². The Bertz CT molecular complexity index is 561. The van der Waals surface area contributed by atoms with Crippen molar-refractivity contribution in [3.05, 3.63) is 52.6 Å². The minimum Gasteiger partial charge on any atom is -0.321 e. The molecule has 92 valence electrons.